The first-order valence-corrected chi connectivity index (χ1v) is 7.21. The summed E-state index contributed by atoms with van der Waals surface area (Å²) in [5.74, 6) is 0.980. The fourth-order valence-corrected chi connectivity index (χ4v) is 2.43. The third-order valence-electron chi connectivity index (χ3n) is 4.30. The van der Waals surface area contributed by atoms with Gasteiger partial charge in [0.25, 0.3) is 0 Å². The van der Waals surface area contributed by atoms with E-state index in [0.29, 0.717) is 0 Å². The fourth-order valence-electron chi connectivity index (χ4n) is 2.43. The molecule has 0 saturated heterocycles. The van der Waals surface area contributed by atoms with E-state index in [2.05, 4.69) is 24.1 Å². The van der Waals surface area contributed by atoms with Crippen molar-refractivity contribution in [1.29, 1.82) is 0 Å². The number of nitrogens with zero attached hydrogens (tertiary/aromatic N) is 1. The molecule has 1 unspecified atom stereocenters. The molecule has 0 aromatic carbocycles. The summed E-state index contributed by atoms with van der Waals surface area (Å²) in [6.45, 7) is 8.27. The van der Waals surface area contributed by atoms with E-state index in [-0.39, 0.29) is 12.1 Å². The van der Waals surface area contributed by atoms with Gasteiger partial charge in [-0.2, -0.15) is 0 Å². The molecular weight excluding hydrogens is 212 g/mol. The number of hydrogen-bond donors (Lipinski definition) is 2. The molecule has 2 N–H and O–H groups in total. The quantitative estimate of drug-likeness (QED) is 0.614. The lowest BCUT2D eigenvalue weighted by atomic mass is 9.91. The van der Waals surface area contributed by atoms with E-state index in [1.165, 1.54) is 32.4 Å². The molecule has 0 bridgehead atoms. The van der Waals surface area contributed by atoms with Crippen molar-refractivity contribution in [3.8, 4) is 0 Å². The summed E-state index contributed by atoms with van der Waals surface area (Å²) in [7, 11) is 1.96. The highest BCUT2D eigenvalue weighted by molar-refractivity contribution is 4.85. The number of aliphatic hydroxyl groups is 1. The Morgan fingerprint density at radius 2 is 2.06 bits per heavy atom. The van der Waals surface area contributed by atoms with E-state index >= 15 is 0 Å². The highest BCUT2D eigenvalue weighted by Gasteiger charge is 2.26. The molecule has 0 aliphatic heterocycles. The molecule has 1 saturated carbocycles. The summed E-state index contributed by atoms with van der Waals surface area (Å²) in [5, 5.41) is 12.8. The average molecular weight is 242 g/mol. The minimum absolute atomic E-state index is 0.0566. The van der Waals surface area contributed by atoms with Gasteiger partial charge < -0.3 is 15.3 Å². The molecule has 17 heavy (non-hydrogen) atoms. The van der Waals surface area contributed by atoms with Crippen LogP contribution in [0, 0.1) is 5.92 Å². The second kappa shape index (κ2) is 7.34. The standard InChI is InChI=1S/C14H30N2O/c1-4-14(12-17,15-3)9-6-10-16(5-2)11-13-7-8-13/h13,15,17H,4-12H2,1-3H3. The van der Waals surface area contributed by atoms with Crippen LogP contribution >= 0.6 is 0 Å². The van der Waals surface area contributed by atoms with Gasteiger partial charge in [0.05, 0.1) is 6.61 Å². The molecule has 1 aliphatic rings. The molecule has 0 amide bonds. The van der Waals surface area contributed by atoms with Gasteiger partial charge in [-0.05, 0) is 58.2 Å². The molecule has 1 aliphatic carbocycles. The molecule has 102 valence electrons. The Balaban J connectivity index is 2.23. The van der Waals surface area contributed by atoms with Crippen LogP contribution in [0.4, 0.5) is 0 Å². The van der Waals surface area contributed by atoms with Gasteiger partial charge in [0.2, 0.25) is 0 Å². The SMILES string of the molecule is CCN(CCCC(CC)(CO)NC)CC1CC1. The van der Waals surface area contributed by atoms with Gasteiger partial charge in [0.1, 0.15) is 0 Å². The third-order valence-corrected chi connectivity index (χ3v) is 4.30. The van der Waals surface area contributed by atoms with Gasteiger partial charge in [-0.1, -0.05) is 13.8 Å². The van der Waals surface area contributed by atoms with Crippen molar-refractivity contribution in [2.75, 3.05) is 33.3 Å². The van der Waals surface area contributed by atoms with Crippen molar-refractivity contribution in [2.24, 2.45) is 5.92 Å². The van der Waals surface area contributed by atoms with E-state index in [9.17, 15) is 5.11 Å². The Kier molecular flexibility index (Phi) is 6.45. The molecule has 0 aromatic rings. The Morgan fingerprint density at radius 1 is 1.35 bits per heavy atom. The van der Waals surface area contributed by atoms with Crippen molar-refractivity contribution in [2.45, 2.75) is 51.5 Å². The Labute approximate surface area is 107 Å². The third kappa shape index (κ3) is 4.94. The van der Waals surface area contributed by atoms with E-state index in [4.69, 9.17) is 0 Å². The summed E-state index contributed by atoms with van der Waals surface area (Å²) in [6.07, 6.45) is 6.10. The maximum absolute atomic E-state index is 9.48. The second-order valence-corrected chi connectivity index (χ2v) is 5.48. The van der Waals surface area contributed by atoms with Crippen LogP contribution in [0.2, 0.25) is 0 Å². The van der Waals surface area contributed by atoms with Crippen molar-refractivity contribution in [1.82, 2.24) is 10.2 Å². The zero-order chi connectivity index (χ0) is 12.7. The highest BCUT2D eigenvalue weighted by Crippen LogP contribution is 2.29. The van der Waals surface area contributed by atoms with E-state index in [0.717, 1.165) is 25.3 Å². The van der Waals surface area contributed by atoms with Gasteiger partial charge >= 0.3 is 0 Å². The normalized spacial score (nSPS) is 19.6. The summed E-state index contributed by atoms with van der Waals surface area (Å²) >= 11 is 0. The molecule has 0 aromatic heterocycles. The van der Waals surface area contributed by atoms with Gasteiger partial charge in [-0.3, -0.25) is 0 Å². The van der Waals surface area contributed by atoms with Gasteiger partial charge in [0, 0.05) is 12.1 Å². The minimum Gasteiger partial charge on any atom is -0.394 e. The first kappa shape index (κ1) is 14.9. The van der Waals surface area contributed by atoms with Gasteiger partial charge in [-0.25, -0.2) is 0 Å². The molecule has 1 fully saturated rings. The van der Waals surface area contributed by atoms with Crippen LogP contribution in [-0.2, 0) is 0 Å². The molecule has 0 radical (unpaired) electrons. The predicted octanol–water partition coefficient (Wildman–Crippen LogP) is 1.86. The highest BCUT2D eigenvalue weighted by atomic mass is 16.3. The van der Waals surface area contributed by atoms with Crippen LogP contribution < -0.4 is 5.32 Å². The maximum Gasteiger partial charge on any atom is 0.0613 e. The average Bonchev–Trinajstić information content (AvgIpc) is 3.18. The lowest BCUT2D eigenvalue weighted by Gasteiger charge is -2.31. The first-order chi connectivity index (χ1) is 8.19. The zero-order valence-electron chi connectivity index (χ0n) is 11.8. The van der Waals surface area contributed by atoms with E-state index in [1.54, 1.807) is 0 Å². The topological polar surface area (TPSA) is 35.5 Å². The van der Waals surface area contributed by atoms with Crippen LogP contribution in [0.25, 0.3) is 0 Å². The van der Waals surface area contributed by atoms with Crippen molar-refractivity contribution < 1.29 is 5.11 Å². The number of likely N-dealkylation sites (N-methyl/N-ethyl adjacent to an activating group) is 1. The fraction of sp³-hybridized carbons (Fsp3) is 1.00. The summed E-state index contributed by atoms with van der Waals surface area (Å²) < 4.78 is 0. The Bertz CT molecular complexity index is 192. The largest absolute Gasteiger partial charge is 0.394 e. The zero-order valence-corrected chi connectivity index (χ0v) is 11.8. The summed E-state index contributed by atoms with van der Waals surface area (Å²) in [4.78, 5) is 2.56. The van der Waals surface area contributed by atoms with E-state index in [1.807, 2.05) is 7.05 Å². The van der Waals surface area contributed by atoms with E-state index < -0.39 is 0 Å². The van der Waals surface area contributed by atoms with Crippen LogP contribution in [0.15, 0.2) is 0 Å². The molecule has 0 spiro atoms. The second-order valence-electron chi connectivity index (χ2n) is 5.48. The number of nitrogens with one attached hydrogen (secondary N) is 1. The van der Waals surface area contributed by atoms with Gasteiger partial charge in [0.15, 0.2) is 0 Å². The number of aliphatic hydroxyl groups excluding tert-OH is 1. The van der Waals surface area contributed by atoms with Crippen LogP contribution in [0.1, 0.15) is 46.0 Å². The molecule has 3 nitrogen and oxygen atoms in total. The van der Waals surface area contributed by atoms with Crippen molar-refractivity contribution in [3.63, 3.8) is 0 Å². The Morgan fingerprint density at radius 3 is 2.47 bits per heavy atom. The molecule has 1 rings (SSSR count). The molecular formula is C14H30N2O. The van der Waals surface area contributed by atoms with Crippen LogP contribution in [-0.4, -0.2) is 48.8 Å². The lowest BCUT2D eigenvalue weighted by molar-refractivity contribution is 0.145. The first-order valence-electron chi connectivity index (χ1n) is 7.21. The summed E-state index contributed by atoms with van der Waals surface area (Å²) in [6, 6.07) is 0. The van der Waals surface area contributed by atoms with Gasteiger partial charge in [-0.15, -0.1) is 0 Å². The molecule has 1 atom stereocenters. The van der Waals surface area contributed by atoms with Crippen LogP contribution in [0.5, 0.6) is 0 Å². The molecule has 3 heteroatoms. The van der Waals surface area contributed by atoms with Crippen LogP contribution in [0.3, 0.4) is 0 Å². The minimum atomic E-state index is -0.0566. The maximum atomic E-state index is 9.48. The number of rotatable bonds is 10. The smallest absolute Gasteiger partial charge is 0.0613 e. The predicted molar refractivity (Wildman–Crippen MR) is 73.2 cm³/mol. The summed E-state index contributed by atoms with van der Waals surface area (Å²) in [5.41, 5.74) is -0.0566. The van der Waals surface area contributed by atoms with Crippen molar-refractivity contribution >= 4 is 0 Å². The monoisotopic (exact) mass is 242 g/mol. The lowest BCUT2D eigenvalue weighted by Crippen LogP contribution is -2.46. The Hall–Kier alpha value is -0.120. The molecule has 0 heterocycles. The number of hydrogen-bond acceptors (Lipinski definition) is 3. The van der Waals surface area contributed by atoms with Crippen molar-refractivity contribution in [3.05, 3.63) is 0 Å².